The van der Waals surface area contributed by atoms with E-state index in [1.165, 1.54) is 0 Å². The number of rotatable bonds is 2. The molecule has 0 aliphatic carbocycles. The van der Waals surface area contributed by atoms with Crippen LogP contribution in [0.4, 0.5) is 17.1 Å². The van der Waals surface area contributed by atoms with Crippen LogP contribution >= 0.6 is 0 Å². The van der Waals surface area contributed by atoms with Crippen molar-refractivity contribution >= 4 is 17.1 Å². The van der Waals surface area contributed by atoms with E-state index < -0.39 is 0 Å². The predicted molar refractivity (Wildman–Crippen MR) is 119 cm³/mol. The van der Waals surface area contributed by atoms with Crippen molar-refractivity contribution in [3.63, 3.8) is 0 Å². The van der Waals surface area contributed by atoms with Crippen molar-refractivity contribution in [1.29, 1.82) is 10.5 Å². The lowest BCUT2D eigenvalue weighted by Gasteiger charge is -2.30. The Balaban J connectivity index is 1.98. The maximum Gasteiger partial charge on any atom is 0.147 e. The first-order chi connectivity index (χ1) is 14.4. The topological polar surface area (TPSA) is 74.3 Å². The third-order valence-electron chi connectivity index (χ3n) is 5.96. The number of phenolic OH excluding ortho intramolecular Hbond substituents is 1. The molecule has 0 radical (unpaired) electrons. The summed E-state index contributed by atoms with van der Waals surface area (Å²) in [5.41, 5.74) is 6.71. The van der Waals surface area contributed by atoms with Crippen molar-refractivity contribution in [2.75, 3.05) is 16.8 Å². The molecule has 1 aliphatic rings. The number of phenols is 1. The van der Waals surface area contributed by atoms with Gasteiger partial charge in [0, 0.05) is 12.6 Å². The molecule has 30 heavy (non-hydrogen) atoms. The maximum absolute atomic E-state index is 11.4. The highest BCUT2D eigenvalue weighted by molar-refractivity contribution is 5.93. The molecule has 0 saturated heterocycles. The molecule has 1 aliphatic heterocycles. The Kier molecular flexibility index (Phi) is 4.60. The number of hydrogen-bond donors (Lipinski definition) is 1. The average Bonchev–Trinajstić information content (AvgIpc) is 2.99. The molecule has 0 amide bonds. The maximum atomic E-state index is 11.4. The summed E-state index contributed by atoms with van der Waals surface area (Å²) in [6.45, 7) is 6.02. The Bertz CT molecular complexity index is 1250. The van der Waals surface area contributed by atoms with Gasteiger partial charge in [0.25, 0.3) is 0 Å². The van der Waals surface area contributed by atoms with Gasteiger partial charge >= 0.3 is 0 Å². The van der Waals surface area contributed by atoms with Gasteiger partial charge in [-0.15, -0.1) is 0 Å². The minimum absolute atomic E-state index is 0.141. The van der Waals surface area contributed by atoms with E-state index in [4.69, 9.17) is 0 Å². The van der Waals surface area contributed by atoms with Crippen molar-refractivity contribution in [2.45, 2.75) is 26.9 Å². The summed E-state index contributed by atoms with van der Waals surface area (Å²) < 4.78 is 0. The van der Waals surface area contributed by atoms with Gasteiger partial charge in [0.15, 0.2) is 0 Å². The molecule has 0 spiro atoms. The minimum atomic E-state index is -0.141. The van der Waals surface area contributed by atoms with Gasteiger partial charge in [-0.3, -0.25) is 0 Å². The van der Waals surface area contributed by atoms with Gasteiger partial charge in [0.05, 0.1) is 28.2 Å². The number of fused-ring (bicyclic) bond motifs is 1. The molecule has 1 atom stereocenters. The molecule has 3 aromatic carbocycles. The lowest BCUT2D eigenvalue weighted by Crippen LogP contribution is -2.36. The Hall–Kier alpha value is -3.96. The van der Waals surface area contributed by atoms with E-state index in [1.54, 1.807) is 6.07 Å². The van der Waals surface area contributed by atoms with E-state index in [2.05, 4.69) is 12.1 Å². The fourth-order valence-electron chi connectivity index (χ4n) is 4.28. The highest BCUT2D eigenvalue weighted by atomic mass is 16.3. The van der Waals surface area contributed by atoms with Crippen molar-refractivity contribution in [3.05, 3.63) is 70.8 Å². The summed E-state index contributed by atoms with van der Waals surface area (Å²) in [6.07, 6.45) is -0.141. The van der Waals surface area contributed by atoms with Crippen LogP contribution in [0.2, 0.25) is 0 Å². The first-order valence-corrected chi connectivity index (χ1v) is 9.78. The summed E-state index contributed by atoms with van der Waals surface area (Å²) in [4.78, 5) is 4.03. The summed E-state index contributed by atoms with van der Waals surface area (Å²) >= 11 is 0. The van der Waals surface area contributed by atoms with E-state index in [0.717, 1.165) is 27.9 Å². The molecular weight excluding hydrogens is 372 g/mol. The molecule has 0 aromatic heterocycles. The zero-order valence-electron chi connectivity index (χ0n) is 17.4. The average molecular weight is 394 g/mol. The number of nitriles is 2. The highest BCUT2D eigenvalue weighted by Crippen LogP contribution is 2.51. The van der Waals surface area contributed by atoms with Crippen molar-refractivity contribution in [1.82, 2.24) is 0 Å². The summed E-state index contributed by atoms with van der Waals surface area (Å²) in [6, 6.07) is 19.8. The van der Waals surface area contributed by atoms with Crippen LogP contribution in [-0.2, 0) is 0 Å². The van der Waals surface area contributed by atoms with Gasteiger partial charge in [-0.05, 0) is 49.6 Å². The Morgan fingerprint density at radius 1 is 0.867 bits per heavy atom. The Morgan fingerprint density at radius 2 is 1.60 bits per heavy atom. The largest absolute Gasteiger partial charge is 0.505 e. The third kappa shape index (κ3) is 2.68. The van der Waals surface area contributed by atoms with Gasteiger partial charge in [0.2, 0.25) is 0 Å². The number of aromatic hydroxyl groups is 1. The summed E-state index contributed by atoms with van der Waals surface area (Å²) in [5, 5.41) is 30.5. The monoisotopic (exact) mass is 394 g/mol. The SMILES string of the molecule is Cc1ccccc1-c1ccc(C)c(N2c3ccc(C#N)c(C#N)c3N(C)C2C)c1O. The van der Waals surface area contributed by atoms with Crippen molar-refractivity contribution < 1.29 is 5.11 Å². The van der Waals surface area contributed by atoms with E-state index in [-0.39, 0.29) is 11.9 Å². The molecular formula is C25H22N4O. The molecule has 148 valence electrons. The van der Waals surface area contributed by atoms with Crippen molar-refractivity contribution in [3.8, 4) is 29.0 Å². The number of nitrogens with zero attached hydrogens (tertiary/aromatic N) is 4. The molecule has 1 unspecified atom stereocenters. The van der Waals surface area contributed by atoms with Gasteiger partial charge in [-0.1, -0.05) is 36.4 Å². The molecule has 1 N–H and O–H groups in total. The van der Waals surface area contributed by atoms with Crippen LogP contribution in [-0.4, -0.2) is 18.3 Å². The molecule has 0 saturated carbocycles. The van der Waals surface area contributed by atoms with Gasteiger partial charge in [0.1, 0.15) is 24.1 Å². The van der Waals surface area contributed by atoms with Crippen molar-refractivity contribution in [2.24, 2.45) is 0 Å². The first kappa shape index (κ1) is 19.4. The standard InChI is InChI=1S/C25H22N4O/c1-15-7-5-6-8-19(15)20-11-9-16(2)23(25(20)30)29-17(3)28(4)24-21(14-27)18(13-26)10-12-22(24)29/h5-12,17,30H,1-4H3. The summed E-state index contributed by atoms with van der Waals surface area (Å²) in [5.74, 6) is 0.209. The molecule has 5 nitrogen and oxygen atoms in total. The molecule has 3 aromatic rings. The van der Waals surface area contributed by atoms with Gasteiger partial charge in [-0.2, -0.15) is 10.5 Å². The normalized spacial score (nSPS) is 14.9. The lowest BCUT2D eigenvalue weighted by atomic mass is 9.96. The van der Waals surface area contributed by atoms with Gasteiger partial charge < -0.3 is 14.9 Å². The number of hydrogen-bond acceptors (Lipinski definition) is 5. The second kappa shape index (κ2) is 7.13. The number of anilines is 3. The Morgan fingerprint density at radius 3 is 2.27 bits per heavy atom. The second-order valence-electron chi connectivity index (χ2n) is 7.63. The van der Waals surface area contributed by atoms with E-state index >= 15 is 0 Å². The first-order valence-electron chi connectivity index (χ1n) is 9.78. The van der Waals surface area contributed by atoms with E-state index in [0.29, 0.717) is 22.5 Å². The molecule has 0 fully saturated rings. The highest BCUT2D eigenvalue weighted by Gasteiger charge is 2.37. The Labute approximate surface area is 176 Å². The predicted octanol–water partition coefficient (Wildman–Crippen LogP) is 5.35. The number of aryl methyl sites for hydroxylation is 2. The van der Waals surface area contributed by atoms with Crippen LogP contribution in [0, 0.1) is 36.5 Å². The van der Waals surface area contributed by atoms with Crippen LogP contribution in [0.25, 0.3) is 11.1 Å². The molecule has 0 bridgehead atoms. The van der Waals surface area contributed by atoms with E-state index in [9.17, 15) is 15.6 Å². The zero-order valence-corrected chi connectivity index (χ0v) is 17.4. The molecule has 5 heteroatoms. The second-order valence-corrected chi connectivity index (χ2v) is 7.63. The fourth-order valence-corrected chi connectivity index (χ4v) is 4.28. The number of benzene rings is 3. The smallest absolute Gasteiger partial charge is 0.147 e. The quantitative estimate of drug-likeness (QED) is 0.634. The van der Waals surface area contributed by atoms with Crippen LogP contribution in [0.3, 0.4) is 0 Å². The van der Waals surface area contributed by atoms with Crippen LogP contribution in [0.1, 0.15) is 29.2 Å². The van der Waals surface area contributed by atoms with E-state index in [1.807, 2.05) is 80.1 Å². The van der Waals surface area contributed by atoms with Crippen LogP contribution in [0.5, 0.6) is 5.75 Å². The van der Waals surface area contributed by atoms with Crippen LogP contribution in [0.15, 0.2) is 48.5 Å². The fraction of sp³-hybridized carbons (Fsp3) is 0.200. The lowest BCUT2D eigenvalue weighted by molar-refractivity contribution is 0.475. The molecule has 4 rings (SSSR count). The third-order valence-corrected chi connectivity index (χ3v) is 5.96. The molecule has 1 heterocycles. The zero-order chi connectivity index (χ0) is 21.6. The minimum Gasteiger partial charge on any atom is -0.505 e. The van der Waals surface area contributed by atoms with Gasteiger partial charge in [-0.25, -0.2) is 0 Å². The summed E-state index contributed by atoms with van der Waals surface area (Å²) in [7, 11) is 1.91. The van der Waals surface area contributed by atoms with Crippen LogP contribution < -0.4 is 9.80 Å².